The summed E-state index contributed by atoms with van der Waals surface area (Å²) < 4.78 is 7.95. The van der Waals surface area contributed by atoms with Gasteiger partial charge in [0.25, 0.3) is 5.91 Å². The van der Waals surface area contributed by atoms with Crippen LogP contribution in [0, 0.1) is 23.7 Å². The predicted octanol–water partition coefficient (Wildman–Crippen LogP) is 2.57. The standard InChI is InChI=1S/C24H39N5O2/c1-15(2)31-24-21(14-27-29(24)8-7-26-20-3-5-25-6-4-20)23(30)28-22-18-10-16-9-17(12-18)13-19(22)11-16/h14-20,22,25-26H,3-13H2,1-2H3,(H,28,30). The van der Waals surface area contributed by atoms with Crippen LogP contribution in [0.1, 0.15) is 69.2 Å². The Morgan fingerprint density at radius 3 is 2.48 bits per heavy atom. The average molecular weight is 430 g/mol. The van der Waals surface area contributed by atoms with Crippen LogP contribution in [0.4, 0.5) is 0 Å². The van der Waals surface area contributed by atoms with Crippen molar-refractivity contribution in [2.24, 2.45) is 23.7 Å². The van der Waals surface area contributed by atoms with Gasteiger partial charge in [0.05, 0.1) is 18.8 Å². The van der Waals surface area contributed by atoms with E-state index in [1.165, 1.54) is 32.1 Å². The summed E-state index contributed by atoms with van der Waals surface area (Å²) in [6.45, 7) is 7.70. The Morgan fingerprint density at radius 1 is 1.16 bits per heavy atom. The van der Waals surface area contributed by atoms with Gasteiger partial charge >= 0.3 is 0 Å². The number of rotatable bonds is 8. The molecule has 0 unspecified atom stereocenters. The molecule has 0 atom stereocenters. The lowest BCUT2D eigenvalue weighted by Crippen LogP contribution is -2.55. The third-order valence-corrected chi connectivity index (χ3v) is 8.00. The van der Waals surface area contributed by atoms with Crippen molar-refractivity contribution in [2.45, 2.75) is 83.5 Å². The van der Waals surface area contributed by atoms with Gasteiger partial charge < -0.3 is 20.7 Å². The lowest BCUT2D eigenvalue weighted by atomic mass is 9.54. The Labute approximate surface area is 186 Å². The maximum atomic E-state index is 13.3. The van der Waals surface area contributed by atoms with Crippen molar-refractivity contribution < 1.29 is 9.53 Å². The molecule has 5 aliphatic rings. The molecule has 4 bridgehead atoms. The topological polar surface area (TPSA) is 80.2 Å². The Morgan fingerprint density at radius 2 is 1.84 bits per heavy atom. The van der Waals surface area contributed by atoms with Crippen molar-refractivity contribution in [3.63, 3.8) is 0 Å². The van der Waals surface area contributed by atoms with Crippen molar-refractivity contribution in [1.82, 2.24) is 25.7 Å². The minimum atomic E-state index is -0.00862. The molecule has 172 valence electrons. The number of carbonyl (C=O) groups excluding carboxylic acids is 1. The maximum absolute atomic E-state index is 13.3. The minimum absolute atomic E-state index is 0.000511. The second-order valence-electron chi connectivity index (χ2n) is 10.7. The summed E-state index contributed by atoms with van der Waals surface area (Å²) in [6, 6.07) is 0.892. The van der Waals surface area contributed by atoms with Gasteiger partial charge in [-0.1, -0.05) is 0 Å². The smallest absolute Gasteiger partial charge is 0.258 e. The third-order valence-electron chi connectivity index (χ3n) is 8.00. The summed E-state index contributed by atoms with van der Waals surface area (Å²) in [6.07, 6.45) is 10.7. The lowest BCUT2D eigenvalue weighted by molar-refractivity contribution is -0.0120. The van der Waals surface area contributed by atoms with Crippen LogP contribution >= 0.6 is 0 Å². The highest BCUT2D eigenvalue weighted by Gasteiger charge is 2.48. The number of hydrogen-bond donors (Lipinski definition) is 3. The fraction of sp³-hybridized carbons (Fsp3) is 0.833. The molecule has 1 amide bonds. The van der Waals surface area contributed by atoms with Crippen LogP contribution in [0.15, 0.2) is 6.20 Å². The van der Waals surface area contributed by atoms with Crippen LogP contribution in [0.25, 0.3) is 0 Å². The van der Waals surface area contributed by atoms with Crippen LogP contribution < -0.4 is 20.7 Å². The fourth-order valence-electron chi connectivity index (χ4n) is 6.83. The third kappa shape index (κ3) is 4.63. The van der Waals surface area contributed by atoms with Gasteiger partial charge in [-0.05, 0) is 95.6 Å². The number of nitrogens with zero attached hydrogens (tertiary/aromatic N) is 2. The number of piperidine rings is 1. The molecular weight excluding hydrogens is 390 g/mol. The SMILES string of the molecule is CC(C)Oc1c(C(=O)NC2C3CC4CC(C3)CC2C4)cnn1CCNC1CCNCC1. The molecule has 1 aromatic rings. The van der Waals surface area contributed by atoms with E-state index >= 15 is 0 Å². The van der Waals surface area contributed by atoms with Crippen molar-refractivity contribution in [1.29, 1.82) is 0 Å². The summed E-state index contributed by atoms with van der Waals surface area (Å²) in [5, 5.41) is 15.0. The molecule has 4 saturated carbocycles. The van der Waals surface area contributed by atoms with Crippen molar-refractivity contribution in [2.75, 3.05) is 19.6 Å². The molecule has 1 saturated heterocycles. The molecule has 7 nitrogen and oxygen atoms in total. The summed E-state index contributed by atoms with van der Waals surface area (Å²) in [5.74, 6) is 3.75. The Bertz CT molecular complexity index is 742. The maximum Gasteiger partial charge on any atom is 0.258 e. The Hall–Kier alpha value is -1.60. The van der Waals surface area contributed by atoms with Crippen molar-refractivity contribution in [3.05, 3.63) is 11.8 Å². The van der Waals surface area contributed by atoms with E-state index in [0.717, 1.165) is 44.3 Å². The zero-order valence-corrected chi connectivity index (χ0v) is 19.1. The highest BCUT2D eigenvalue weighted by molar-refractivity contribution is 5.96. The highest BCUT2D eigenvalue weighted by atomic mass is 16.5. The van der Waals surface area contributed by atoms with Gasteiger partial charge in [0.2, 0.25) is 5.88 Å². The second kappa shape index (κ2) is 9.10. The molecule has 0 radical (unpaired) electrons. The predicted molar refractivity (Wildman–Crippen MR) is 120 cm³/mol. The first kappa shape index (κ1) is 21.3. The zero-order chi connectivity index (χ0) is 21.4. The number of carbonyl (C=O) groups is 1. The van der Waals surface area contributed by atoms with E-state index in [0.29, 0.717) is 41.9 Å². The second-order valence-corrected chi connectivity index (χ2v) is 10.7. The Kier molecular flexibility index (Phi) is 6.24. The van der Waals surface area contributed by atoms with Crippen LogP contribution in [0.2, 0.25) is 0 Å². The first-order valence-corrected chi connectivity index (χ1v) is 12.5. The van der Waals surface area contributed by atoms with Crippen LogP contribution in [0.5, 0.6) is 5.88 Å². The molecule has 0 spiro atoms. The first-order valence-electron chi connectivity index (χ1n) is 12.5. The van der Waals surface area contributed by atoms with E-state index in [1.807, 2.05) is 18.5 Å². The van der Waals surface area contributed by atoms with Crippen molar-refractivity contribution >= 4 is 5.91 Å². The molecule has 2 heterocycles. The normalized spacial score (nSPS) is 32.5. The first-order chi connectivity index (χ1) is 15.1. The molecule has 6 rings (SSSR count). The number of ether oxygens (including phenoxy) is 1. The van der Waals surface area contributed by atoms with Crippen LogP contribution in [0.3, 0.4) is 0 Å². The average Bonchev–Trinajstić information content (AvgIpc) is 3.13. The molecule has 31 heavy (non-hydrogen) atoms. The summed E-state index contributed by atoms with van der Waals surface area (Å²) in [7, 11) is 0. The summed E-state index contributed by atoms with van der Waals surface area (Å²) in [4.78, 5) is 13.3. The monoisotopic (exact) mass is 429 g/mol. The number of nitrogens with one attached hydrogen (secondary N) is 3. The van der Waals surface area contributed by atoms with Crippen LogP contribution in [-0.2, 0) is 6.54 Å². The molecule has 7 heteroatoms. The van der Waals surface area contributed by atoms with Gasteiger partial charge in [0.15, 0.2) is 0 Å². The number of hydrogen-bond acceptors (Lipinski definition) is 5. The van der Waals surface area contributed by atoms with Gasteiger partial charge in [-0.2, -0.15) is 5.10 Å². The zero-order valence-electron chi connectivity index (χ0n) is 19.1. The van der Waals surface area contributed by atoms with Gasteiger partial charge in [0, 0.05) is 18.6 Å². The molecule has 5 fully saturated rings. The van der Waals surface area contributed by atoms with Crippen LogP contribution in [-0.4, -0.2) is 53.5 Å². The molecule has 1 aromatic heterocycles. The van der Waals surface area contributed by atoms with Gasteiger partial charge in [-0.15, -0.1) is 0 Å². The molecular formula is C24H39N5O2. The van der Waals surface area contributed by atoms with E-state index in [-0.39, 0.29) is 12.0 Å². The molecule has 1 aliphatic heterocycles. The molecule has 3 N–H and O–H groups in total. The van der Waals surface area contributed by atoms with E-state index in [9.17, 15) is 4.79 Å². The van der Waals surface area contributed by atoms with E-state index in [2.05, 4.69) is 21.0 Å². The lowest BCUT2D eigenvalue weighted by Gasteiger charge is -2.54. The highest BCUT2D eigenvalue weighted by Crippen LogP contribution is 2.53. The quantitative estimate of drug-likeness (QED) is 0.592. The summed E-state index contributed by atoms with van der Waals surface area (Å²) >= 11 is 0. The number of amides is 1. The van der Waals surface area contributed by atoms with Gasteiger partial charge in [0.1, 0.15) is 5.56 Å². The Balaban J connectivity index is 1.24. The van der Waals surface area contributed by atoms with Gasteiger partial charge in [-0.3, -0.25) is 4.79 Å². The van der Waals surface area contributed by atoms with E-state index in [4.69, 9.17) is 4.74 Å². The van der Waals surface area contributed by atoms with Crippen molar-refractivity contribution in [3.8, 4) is 5.88 Å². The number of aromatic nitrogens is 2. The van der Waals surface area contributed by atoms with E-state index in [1.54, 1.807) is 6.20 Å². The molecule has 0 aromatic carbocycles. The largest absolute Gasteiger partial charge is 0.475 e. The fourth-order valence-corrected chi connectivity index (χ4v) is 6.83. The minimum Gasteiger partial charge on any atom is -0.475 e. The summed E-state index contributed by atoms with van der Waals surface area (Å²) in [5.41, 5.74) is 0.587. The van der Waals surface area contributed by atoms with E-state index < -0.39 is 0 Å². The molecule has 4 aliphatic carbocycles. The van der Waals surface area contributed by atoms with Gasteiger partial charge in [-0.25, -0.2) is 4.68 Å².